The molecule has 7 heteroatoms. The molecular weight excluding hydrogens is 281 g/mol. The van der Waals surface area contributed by atoms with Crippen molar-refractivity contribution in [2.24, 2.45) is 0 Å². The standard InChI is InChI=1S/C14H14FNO5/c15-9-2-4-10(5-3-9)16-13-12(11(18)8-21-13)14(19)20-7-1-6-17/h2-5,16-17H,1,6-8H2. The number of halogens is 1. The number of aliphatic hydroxyl groups is 1. The number of carbonyl (C=O) groups is 2. The summed E-state index contributed by atoms with van der Waals surface area (Å²) in [5.41, 5.74) is 0.263. The molecule has 21 heavy (non-hydrogen) atoms. The average molecular weight is 295 g/mol. The third-order valence-electron chi connectivity index (χ3n) is 2.70. The largest absolute Gasteiger partial charge is 0.470 e. The quantitative estimate of drug-likeness (QED) is 0.462. The Bertz CT molecular complexity index is 567. The zero-order valence-corrected chi connectivity index (χ0v) is 11.1. The summed E-state index contributed by atoms with van der Waals surface area (Å²) in [6.07, 6.45) is 0.286. The van der Waals surface area contributed by atoms with Crippen LogP contribution in [0.1, 0.15) is 6.42 Å². The van der Waals surface area contributed by atoms with Gasteiger partial charge < -0.3 is 19.9 Å². The molecule has 2 N–H and O–H groups in total. The Labute approximate surface area is 120 Å². The molecule has 0 saturated carbocycles. The molecule has 0 radical (unpaired) electrons. The number of nitrogens with one attached hydrogen (secondary N) is 1. The van der Waals surface area contributed by atoms with Crippen LogP contribution in [0.4, 0.5) is 10.1 Å². The van der Waals surface area contributed by atoms with Gasteiger partial charge in [-0.25, -0.2) is 9.18 Å². The maximum atomic E-state index is 12.8. The summed E-state index contributed by atoms with van der Waals surface area (Å²) >= 11 is 0. The highest BCUT2D eigenvalue weighted by atomic mass is 19.1. The lowest BCUT2D eigenvalue weighted by Crippen LogP contribution is -2.17. The topological polar surface area (TPSA) is 84.9 Å². The van der Waals surface area contributed by atoms with Crippen molar-refractivity contribution in [3.63, 3.8) is 0 Å². The molecule has 0 fully saturated rings. The number of Topliss-reactive ketones (excluding diaryl/α,β-unsaturated/α-hetero) is 1. The second kappa shape index (κ2) is 6.85. The van der Waals surface area contributed by atoms with E-state index in [-0.39, 0.29) is 37.7 Å². The fraction of sp³-hybridized carbons (Fsp3) is 0.286. The number of hydrogen-bond acceptors (Lipinski definition) is 6. The first-order chi connectivity index (χ1) is 10.1. The molecule has 0 saturated heterocycles. The first-order valence-electron chi connectivity index (χ1n) is 6.32. The number of carbonyl (C=O) groups excluding carboxylic acids is 2. The Morgan fingerprint density at radius 1 is 1.38 bits per heavy atom. The van der Waals surface area contributed by atoms with Crippen LogP contribution in [0, 0.1) is 5.82 Å². The van der Waals surface area contributed by atoms with E-state index in [0.29, 0.717) is 5.69 Å². The van der Waals surface area contributed by atoms with Gasteiger partial charge in [0.05, 0.1) is 6.61 Å². The number of hydrogen-bond donors (Lipinski definition) is 2. The molecule has 0 aromatic heterocycles. The number of rotatable bonds is 6. The van der Waals surface area contributed by atoms with Gasteiger partial charge in [0, 0.05) is 18.7 Å². The summed E-state index contributed by atoms with van der Waals surface area (Å²) in [6, 6.07) is 5.37. The molecule has 0 aliphatic carbocycles. The first kappa shape index (κ1) is 15.0. The van der Waals surface area contributed by atoms with Crippen LogP contribution in [0.5, 0.6) is 0 Å². The smallest absolute Gasteiger partial charge is 0.347 e. The van der Waals surface area contributed by atoms with E-state index < -0.39 is 17.6 Å². The number of esters is 1. The predicted octanol–water partition coefficient (Wildman–Crippen LogP) is 0.974. The summed E-state index contributed by atoms with van der Waals surface area (Å²) in [5.74, 6) is -1.72. The van der Waals surface area contributed by atoms with Crippen LogP contribution >= 0.6 is 0 Å². The summed E-state index contributed by atoms with van der Waals surface area (Å²) in [6.45, 7) is -0.360. The second-order valence-electron chi connectivity index (χ2n) is 4.26. The molecule has 2 rings (SSSR count). The monoisotopic (exact) mass is 295 g/mol. The van der Waals surface area contributed by atoms with Crippen LogP contribution in [0.2, 0.25) is 0 Å². The van der Waals surface area contributed by atoms with Crippen molar-refractivity contribution in [1.82, 2.24) is 0 Å². The molecule has 1 aliphatic rings. The summed E-state index contributed by atoms with van der Waals surface area (Å²) in [5, 5.41) is 11.4. The van der Waals surface area contributed by atoms with Crippen LogP contribution in [0.3, 0.4) is 0 Å². The van der Waals surface area contributed by atoms with Crippen LogP contribution in [-0.4, -0.2) is 36.7 Å². The third-order valence-corrected chi connectivity index (χ3v) is 2.70. The fourth-order valence-electron chi connectivity index (χ4n) is 1.68. The number of benzene rings is 1. The van der Waals surface area contributed by atoms with Gasteiger partial charge in [-0.15, -0.1) is 0 Å². The van der Waals surface area contributed by atoms with Crippen LogP contribution in [0.25, 0.3) is 0 Å². The lowest BCUT2D eigenvalue weighted by molar-refractivity contribution is -0.140. The Kier molecular flexibility index (Phi) is 4.89. The Hall–Kier alpha value is -2.41. The van der Waals surface area contributed by atoms with Gasteiger partial charge in [-0.3, -0.25) is 4.79 Å². The van der Waals surface area contributed by atoms with Crippen molar-refractivity contribution in [1.29, 1.82) is 0 Å². The van der Waals surface area contributed by atoms with E-state index in [4.69, 9.17) is 14.6 Å². The van der Waals surface area contributed by atoms with Crippen molar-refractivity contribution < 1.29 is 28.6 Å². The van der Waals surface area contributed by atoms with Gasteiger partial charge in [-0.2, -0.15) is 0 Å². The van der Waals surface area contributed by atoms with E-state index >= 15 is 0 Å². The van der Waals surface area contributed by atoms with Gasteiger partial charge in [0.2, 0.25) is 11.7 Å². The van der Waals surface area contributed by atoms with Crippen LogP contribution < -0.4 is 5.32 Å². The lowest BCUT2D eigenvalue weighted by atomic mass is 10.2. The van der Waals surface area contributed by atoms with Crippen molar-refractivity contribution in [2.45, 2.75) is 6.42 Å². The molecule has 0 spiro atoms. The van der Waals surface area contributed by atoms with Gasteiger partial charge in [-0.05, 0) is 24.3 Å². The van der Waals surface area contributed by atoms with Crippen LogP contribution in [-0.2, 0) is 19.1 Å². The lowest BCUT2D eigenvalue weighted by Gasteiger charge is -2.08. The molecular formula is C14H14FNO5. The van der Waals surface area contributed by atoms with E-state index in [1.165, 1.54) is 24.3 Å². The highest BCUT2D eigenvalue weighted by molar-refractivity contribution is 6.19. The van der Waals surface area contributed by atoms with E-state index in [1.54, 1.807) is 0 Å². The summed E-state index contributed by atoms with van der Waals surface area (Å²) in [4.78, 5) is 23.5. The molecule has 1 heterocycles. The summed E-state index contributed by atoms with van der Waals surface area (Å²) < 4.78 is 22.8. The number of anilines is 1. The minimum absolute atomic E-state index is 0.00986. The molecule has 6 nitrogen and oxygen atoms in total. The minimum Gasteiger partial charge on any atom is -0.470 e. The highest BCUT2D eigenvalue weighted by Crippen LogP contribution is 2.21. The highest BCUT2D eigenvalue weighted by Gasteiger charge is 2.32. The molecule has 1 aromatic rings. The molecule has 0 amide bonds. The van der Waals surface area contributed by atoms with Gasteiger partial charge >= 0.3 is 5.97 Å². The molecule has 0 bridgehead atoms. The summed E-state index contributed by atoms with van der Waals surface area (Å²) in [7, 11) is 0. The first-order valence-corrected chi connectivity index (χ1v) is 6.32. The van der Waals surface area contributed by atoms with Gasteiger partial charge in [0.25, 0.3) is 0 Å². The third kappa shape index (κ3) is 3.79. The zero-order chi connectivity index (χ0) is 15.2. The van der Waals surface area contributed by atoms with Gasteiger partial charge in [0.1, 0.15) is 5.82 Å². The molecule has 0 atom stereocenters. The van der Waals surface area contributed by atoms with Gasteiger partial charge in [-0.1, -0.05) is 0 Å². The Morgan fingerprint density at radius 2 is 2.10 bits per heavy atom. The maximum absolute atomic E-state index is 12.8. The molecule has 1 aromatic carbocycles. The fourth-order valence-corrected chi connectivity index (χ4v) is 1.68. The van der Waals surface area contributed by atoms with Crippen molar-refractivity contribution in [2.75, 3.05) is 25.1 Å². The Balaban J connectivity index is 2.11. The van der Waals surface area contributed by atoms with Crippen LogP contribution in [0.15, 0.2) is 35.7 Å². The number of aliphatic hydroxyl groups excluding tert-OH is 1. The normalized spacial score (nSPS) is 14.1. The second-order valence-corrected chi connectivity index (χ2v) is 4.26. The van der Waals surface area contributed by atoms with Crippen molar-refractivity contribution in [3.8, 4) is 0 Å². The van der Waals surface area contributed by atoms with Crippen molar-refractivity contribution >= 4 is 17.4 Å². The minimum atomic E-state index is -0.810. The number of ketones is 1. The zero-order valence-electron chi connectivity index (χ0n) is 11.1. The average Bonchev–Trinajstić information content (AvgIpc) is 2.82. The van der Waals surface area contributed by atoms with E-state index in [0.717, 1.165) is 0 Å². The Morgan fingerprint density at radius 3 is 2.76 bits per heavy atom. The van der Waals surface area contributed by atoms with E-state index in [9.17, 15) is 14.0 Å². The maximum Gasteiger partial charge on any atom is 0.347 e. The molecule has 0 unspecified atom stereocenters. The van der Waals surface area contributed by atoms with E-state index in [1.807, 2.05) is 0 Å². The SMILES string of the molecule is O=C1COC(Nc2ccc(F)cc2)=C1C(=O)OCCCO. The van der Waals surface area contributed by atoms with E-state index in [2.05, 4.69) is 5.32 Å². The molecule has 112 valence electrons. The predicted molar refractivity (Wildman–Crippen MR) is 70.7 cm³/mol. The molecule has 1 aliphatic heterocycles. The van der Waals surface area contributed by atoms with Gasteiger partial charge in [0.15, 0.2) is 12.2 Å². The number of ether oxygens (including phenoxy) is 2. The van der Waals surface area contributed by atoms with Crippen molar-refractivity contribution in [3.05, 3.63) is 41.5 Å².